The summed E-state index contributed by atoms with van der Waals surface area (Å²) < 4.78 is 6.69. The smallest absolute Gasteiger partial charge is 0.136 e. The van der Waals surface area contributed by atoms with Gasteiger partial charge in [-0.2, -0.15) is 0 Å². The van der Waals surface area contributed by atoms with Crippen LogP contribution in [0.5, 0.6) is 0 Å². The molecule has 1 aliphatic heterocycles. The van der Waals surface area contributed by atoms with Crippen LogP contribution in [0.1, 0.15) is 46.8 Å². The normalized spacial score (nSPS) is 18.5. The van der Waals surface area contributed by atoms with E-state index in [-0.39, 0.29) is 6.17 Å². The zero-order valence-electron chi connectivity index (χ0n) is 29.7. The molecule has 0 saturated carbocycles. The maximum Gasteiger partial charge on any atom is 0.136 e. The second-order valence-corrected chi connectivity index (χ2v) is 14.6. The maximum atomic E-state index is 6.69. The van der Waals surface area contributed by atoms with E-state index in [0.29, 0.717) is 0 Å². The van der Waals surface area contributed by atoms with Gasteiger partial charge in [0.15, 0.2) is 0 Å². The first-order valence-corrected chi connectivity index (χ1v) is 18.8. The third kappa shape index (κ3) is 4.37. The maximum absolute atomic E-state index is 6.69. The first-order valence-electron chi connectivity index (χ1n) is 18.8. The Hall–Kier alpha value is -6.78. The number of fused-ring (bicyclic) bond motifs is 7. The van der Waals surface area contributed by atoms with Crippen molar-refractivity contribution in [3.8, 4) is 11.1 Å². The van der Waals surface area contributed by atoms with E-state index in [1.165, 1.54) is 50.0 Å². The van der Waals surface area contributed by atoms with Crippen LogP contribution >= 0.6 is 0 Å². The number of allylic oxidation sites excluding steroid dienone is 4. The molecule has 0 fully saturated rings. The van der Waals surface area contributed by atoms with Crippen molar-refractivity contribution in [1.29, 1.82) is 0 Å². The number of hydrogen-bond donors (Lipinski definition) is 2. The predicted molar refractivity (Wildman–Crippen MR) is 223 cm³/mol. The van der Waals surface area contributed by atoms with Crippen LogP contribution in [-0.2, 0) is 5.41 Å². The quantitative estimate of drug-likeness (QED) is 0.176. The molecule has 2 unspecified atom stereocenters. The third-order valence-electron chi connectivity index (χ3n) is 11.8. The van der Waals surface area contributed by atoms with E-state index >= 15 is 0 Å². The summed E-state index contributed by atoms with van der Waals surface area (Å²) in [4.78, 5) is 2.41. The van der Waals surface area contributed by atoms with Crippen LogP contribution in [-0.4, -0.2) is 0 Å². The Morgan fingerprint density at radius 3 is 2.19 bits per heavy atom. The van der Waals surface area contributed by atoms with Crippen LogP contribution in [0.2, 0.25) is 0 Å². The average molecular weight is 696 g/mol. The van der Waals surface area contributed by atoms with E-state index in [9.17, 15) is 0 Å². The van der Waals surface area contributed by atoms with E-state index in [1.54, 1.807) is 0 Å². The summed E-state index contributed by atoms with van der Waals surface area (Å²) in [7, 11) is 0. The summed E-state index contributed by atoms with van der Waals surface area (Å²) in [5.74, 6) is 0. The Morgan fingerprint density at radius 2 is 1.37 bits per heavy atom. The summed E-state index contributed by atoms with van der Waals surface area (Å²) in [6.45, 7) is 0. The number of hydrogen-bond acceptors (Lipinski definition) is 4. The number of nitrogens with two attached hydrogens (primary N) is 1. The lowest BCUT2D eigenvalue weighted by atomic mass is 9.65. The van der Waals surface area contributed by atoms with Gasteiger partial charge in [-0.1, -0.05) is 127 Å². The summed E-state index contributed by atoms with van der Waals surface area (Å²) in [6, 6.07) is 58.9. The lowest BCUT2D eigenvalue weighted by Gasteiger charge is -2.37. The molecule has 4 heteroatoms. The molecule has 8 aromatic rings. The zero-order valence-corrected chi connectivity index (χ0v) is 29.7. The molecule has 0 radical (unpaired) electrons. The largest absolute Gasteiger partial charge is 0.456 e. The number of nitrogen functional groups attached to an aromatic ring is 1. The van der Waals surface area contributed by atoms with Crippen molar-refractivity contribution in [3.63, 3.8) is 0 Å². The van der Waals surface area contributed by atoms with Crippen LogP contribution < -0.4 is 16.0 Å². The summed E-state index contributed by atoms with van der Waals surface area (Å²) in [5, 5.41) is 6.16. The number of anilines is 4. The Balaban J connectivity index is 1.14. The highest BCUT2D eigenvalue weighted by atomic mass is 16.3. The fraction of sp³-hybridized carbons (Fsp3) is 0.0800. The first-order chi connectivity index (χ1) is 26.7. The van der Waals surface area contributed by atoms with Crippen molar-refractivity contribution in [1.82, 2.24) is 0 Å². The molecule has 7 aromatic carbocycles. The molecule has 258 valence electrons. The minimum Gasteiger partial charge on any atom is -0.456 e. The number of nitrogens with one attached hydrogen (secondary N) is 1. The minimum absolute atomic E-state index is 0.0431. The van der Waals surface area contributed by atoms with Gasteiger partial charge in [-0.15, -0.1) is 0 Å². The standard InChI is InChI=1S/C50H37N3O/c51-36-28-24-32(25-29-36)38-17-11-21-44-47(38)48-45(54-44)31-30-41-46(48)39-16-7-8-18-40(39)50(41,34-12-3-1-4-13-34)35-26-22-33(23-27-35)49-52-42-19-9-10-20-43(42)53(49)37-14-5-2-6-15-37/h1-7,9-17,19-31,49,52H,8,18,51H2. The molecule has 4 nitrogen and oxygen atoms in total. The van der Waals surface area contributed by atoms with E-state index < -0.39 is 5.41 Å². The van der Waals surface area contributed by atoms with Crippen LogP contribution in [0.25, 0.3) is 38.6 Å². The van der Waals surface area contributed by atoms with Crippen LogP contribution in [0.3, 0.4) is 0 Å². The Bertz CT molecular complexity index is 2800. The molecule has 54 heavy (non-hydrogen) atoms. The van der Waals surface area contributed by atoms with Gasteiger partial charge >= 0.3 is 0 Å². The molecule has 0 amide bonds. The highest BCUT2D eigenvalue weighted by Gasteiger charge is 2.48. The first kappa shape index (κ1) is 30.8. The molecular weight excluding hydrogens is 659 g/mol. The van der Waals surface area contributed by atoms with E-state index in [4.69, 9.17) is 10.2 Å². The number of nitrogens with zero attached hydrogens (tertiary/aromatic N) is 1. The van der Waals surface area contributed by atoms with Crippen LogP contribution in [0, 0.1) is 0 Å². The van der Waals surface area contributed by atoms with Crippen molar-refractivity contribution >= 4 is 50.3 Å². The van der Waals surface area contributed by atoms with E-state index in [2.05, 4.69) is 174 Å². The molecule has 2 heterocycles. The minimum atomic E-state index is -0.478. The second kappa shape index (κ2) is 11.9. The van der Waals surface area contributed by atoms with Crippen molar-refractivity contribution in [3.05, 3.63) is 209 Å². The number of rotatable bonds is 5. The van der Waals surface area contributed by atoms with Gasteiger partial charge in [-0.25, -0.2) is 0 Å². The summed E-state index contributed by atoms with van der Waals surface area (Å²) in [6.07, 6.45) is 6.65. The molecule has 2 atom stereocenters. The van der Waals surface area contributed by atoms with Gasteiger partial charge in [0, 0.05) is 22.1 Å². The average Bonchev–Trinajstić information content (AvgIpc) is 3.91. The van der Waals surface area contributed by atoms with Crippen molar-refractivity contribution in [2.45, 2.75) is 24.4 Å². The fourth-order valence-electron chi connectivity index (χ4n) is 9.55. The second-order valence-electron chi connectivity index (χ2n) is 14.6. The van der Waals surface area contributed by atoms with Gasteiger partial charge in [0.05, 0.1) is 16.8 Å². The highest BCUT2D eigenvalue weighted by Crippen LogP contribution is 2.60. The SMILES string of the molecule is Nc1ccc(-c2cccc3oc4ccc5c(c4c23)C2=C(CCC=C2)C5(c2ccccc2)c2ccc(C3Nc4ccccc4N3c3ccccc3)cc2)cc1. The zero-order chi connectivity index (χ0) is 35.8. The van der Waals surface area contributed by atoms with Crippen molar-refractivity contribution in [2.24, 2.45) is 0 Å². The summed E-state index contributed by atoms with van der Waals surface area (Å²) in [5.41, 5.74) is 23.1. The molecule has 0 spiro atoms. The third-order valence-corrected chi connectivity index (χ3v) is 11.8. The molecular formula is C50H37N3O. The van der Waals surface area contributed by atoms with E-state index in [1.807, 2.05) is 12.1 Å². The molecule has 3 aliphatic rings. The molecule has 2 aliphatic carbocycles. The van der Waals surface area contributed by atoms with Gasteiger partial charge in [0.2, 0.25) is 0 Å². The van der Waals surface area contributed by atoms with Gasteiger partial charge in [-0.05, 0) is 111 Å². The lowest BCUT2D eigenvalue weighted by molar-refractivity contribution is 0.667. The van der Waals surface area contributed by atoms with Crippen molar-refractivity contribution in [2.75, 3.05) is 16.0 Å². The Morgan fingerprint density at radius 1 is 0.648 bits per heavy atom. The molecule has 3 N–H and O–H groups in total. The summed E-state index contributed by atoms with van der Waals surface area (Å²) >= 11 is 0. The van der Waals surface area contributed by atoms with Gasteiger partial charge < -0.3 is 20.4 Å². The highest BCUT2D eigenvalue weighted by molar-refractivity contribution is 6.18. The Kier molecular flexibility index (Phi) is 6.77. The Labute approximate surface area is 314 Å². The monoisotopic (exact) mass is 695 g/mol. The van der Waals surface area contributed by atoms with Crippen molar-refractivity contribution < 1.29 is 4.42 Å². The topological polar surface area (TPSA) is 54.4 Å². The fourth-order valence-corrected chi connectivity index (χ4v) is 9.55. The van der Waals surface area contributed by atoms with E-state index in [0.717, 1.165) is 57.6 Å². The molecule has 0 saturated heterocycles. The van der Waals surface area contributed by atoms with Crippen LogP contribution in [0.4, 0.5) is 22.7 Å². The number of benzene rings is 7. The van der Waals surface area contributed by atoms with Gasteiger partial charge in [0.1, 0.15) is 17.3 Å². The molecule has 11 rings (SSSR count). The predicted octanol–water partition coefficient (Wildman–Crippen LogP) is 12.5. The van der Waals surface area contributed by atoms with Gasteiger partial charge in [0.25, 0.3) is 0 Å². The number of para-hydroxylation sites is 3. The lowest BCUT2D eigenvalue weighted by Crippen LogP contribution is -2.30. The molecule has 1 aromatic heterocycles. The van der Waals surface area contributed by atoms with Crippen LogP contribution in [0.15, 0.2) is 186 Å². The number of furan rings is 1. The molecule has 0 bridgehead atoms. The van der Waals surface area contributed by atoms with Gasteiger partial charge in [-0.3, -0.25) is 0 Å².